The topological polar surface area (TPSA) is 68.5 Å². The molecule has 6 nitrogen and oxygen atoms in total. The van der Waals surface area contributed by atoms with Crippen molar-refractivity contribution in [2.75, 3.05) is 19.8 Å². The van der Waals surface area contributed by atoms with Crippen molar-refractivity contribution in [2.45, 2.75) is 39.7 Å². The van der Waals surface area contributed by atoms with Crippen LogP contribution in [0, 0.1) is 13.8 Å². The molecule has 1 amide bonds. The summed E-state index contributed by atoms with van der Waals surface area (Å²) in [4.78, 5) is 16.9. The monoisotopic (exact) mass is 335 g/mol. The van der Waals surface area contributed by atoms with Crippen molar-refractivity contribution >= 4 is 17.2 Å². The van der Waals surface area contributed by atoms with E-state index in [2.05, 4.69) is 10.2 Å². The zero-order valence-electron chi connectivity index (χ0n) is 13.8. The van der Waals surface area contributed by atoms with Gasteiger partial charge in [0.15, 0.2) is 0 Å². The third-order valence-electron chi connectivity index (χ3n) is 3.90. The highest BCUT2D eigenvalue weighted by Gasteiger charge is 2.34. The lowest BCUT2D eigenvalue weighted by Gasteiger charge is -2.33. The van der Waals surface area contributed by atoms with Crippen molar-refractivity contribution in [3.63, 3.8) is 0 Å². The second-order valence-electron chi connectivity index (χ2n) is 6.05. The number of aromatic nitrogens is 2. The molecular weight excluding hydrogens is 314 g/mol. The second kappa shape index (κ2) is 6.41. The molecule has 3 rings (SSSR count). The van der Waals surface area contributed by atoms with Crippen LogP contribution >= 0.6 is 11.3 Å². The molecular formula is C16H21N3O3S. The van der Waals surface area contributed by atoms with Gasteiger partial charge in [-0.3, -0.25) is 4.79 Å². The number of carbonyl (C=O) groups is 1. The molecule has 0 spiro atoms. The molecule has 124 valence electrons. The maximum Gasteiger partial charge on any atom is 0.255 e. The minimum Gasteiger partial charge on any atom is -0.423 e. The minimum atomic E-state index is -0.323. The van der Waals surface area contributed by atoms with Crippen molar-refractivity contribution in [3.05, 3.63) is 33.2 Å². The molecule has 2 aromatic heterocycles. The van der Waals surface area contributed by atoms with Crippen LogP contribution in [0.25, 0.3) is 0 Å². The van der Waals surface area contributed by atoms with Crippen molar-refractivity contribution in [2.24, 2.45) is 0 Å². The van der Waals surface area contributed by atoms with E-state index in [1.165, 1.54) is 0 Å². The third kappa shape index (κ3) is 3.16. The van der Waals surface area contributed by atoms with E-state index in [1.807, 2.05) is 33.8 Å². The molecule has 1 atom stereocenters. The summed E-state index contributed by atoms with van der Waals surface area (Å²) < 4.78 is 11.3. The molecule has 2 aromatic rings. The first-order valence-corrected chi connectivity index (χ1v) is 8.58. The fraction of sp³-hybridized carbons (Fsp3) is 0.562. The van der Waals surface area contributed by atoms with Gasteiger partial charge in [0.25, 0.3) is 5.91 Å². The minimum absolute atomic E-state index is 0.00412. The molecule has 1 aliphatic rings. The zero-order chi connectivity index (χ0) is 16.6. The standard InChI is InChI=1S/C16H21N3O3S/c1-9(2)14-17-18-15(22-14)13-8-21-6-5-19(13)16(20)12-7-10(3)23-11(12)4/h7,9,13H,5-6,8H2,1-4H3. The van der Waals surface area contributed by atoms with Crippen LogP contribution in [0.2, 0.25) is 0 Å². The lowest BCUT2D eigenvalue weighted by molar-refractivity contribution is -0.0107. The highest BCUT2D eigenvalue weighted by molar-refractivity contribution is 7.12. The number of thiophene rings is 1. The van der Waals surface area contributed by atoms with Crippen LogP contribution < -0.4 is 0 Å². The van der Waals surface area contributed by atoms with E-state index in [-0.39, 0.29) is 17.9 Å². The SMILES string of the molecule is Cc1cc(C(=O)N2CCOCC2c2nnc(C(C)C)o2)c(C)s1. The summed E-state index contributed by atoms with van der Waals surface area (Å²) in [6.45, 7) is 9.41. The Morgan fingerprint density at radius 3 is 2.78 bits per heavy atom. The first-order chi connectivity index (χ1) is 11.0. The highest BCUT2D eigenvalue weighted by atomic mass is 32.1. The van der Waals surface area contributed by atoms with E-state index in [0.29, 0.717) is 31.5 Å². The van der Waals surface area contributed by atoms with Gasteiger partial charge in [-0.2, -0.15) is 0 Å². The van der Waals surface area contributed by atoms with Gasteiger partial charge in [-0.15, -0.1) is 21.5 Å². The molecule has 0 aromatic carbocycles. The van der Waals surface area contributed by atoms with Gasteiger partial charge in [0.2, 0.25) is 11.8 Å². The smallest absolute Gasteiger partial charge is 0.255 e. The zero-order valence-corrected chi connectivity index (χ0v) is 14.6. The van der Waals surface area contributed by atoms with Crippen molar-refractivity contribution in [1.29, 1.82) is 0 Å². The first kappa shape index (κ1) is 16.1. The Labute approximate surface area is 139 Å². The van der Waals surface area contributed by atoms with Crippen molar-refractivity contribution in [3.8, 4) is 0 Å². The summed E-state index contributed by atoms with van der Waals surface area (Å²) in [5.74, 6) is 1.20. The summed E-state index contributed by atoms with van der Waals surface area (Å²) in [5, 5.41) is 8.20. The molecule has 1 aliphatic heterocycles. The number of hydrogen-bond acceptors (Lipinski definition) is 6. The van der Waals surface area contributed by atoms with Gasteiger partial charge in [0.1, 0.15) is 6.04 Å². The van der Waals surface area contributed by atoms with E-state index in [0.717, 1.165) is 15.3 Å². The van der Waals surface area contributed by atoms with Crippen LogP contribution in [0.4, 0.5) is 0 Å². The summed E-state index contributed by atoms with van der Waals surface area (Å²) in [5.41, 5.74) is 0.753. The van der Waals surface area contributed by atoms with Crippen LogP contribution in [0.15, 0.2) is 10.5 Å². The van der Waals surface area contributed by atoms with Gasteiger partial charge in [0, 0.05) is 22.2 Å². The highest BCUT2D eigenvalue weighted by Crippen LogP contribution is 2.29. The Morgan fingerprint density at radius 1 is 1.39 bits per heavy atom. The Hall–Kier alpha value is -1.73. The van der Waals surface area contributed by atoms with Gasteiger partial charge in [-0.1, -0.05) is 13.8 Å². The number of hydrogen-bond donors (Lipinski definition) is 0. The molecule has 3 heterocycles. The molecule has 0 radical (unpaired) electrons. The van der Waals surface area contributed by atoms with E-state index in [4.69, 9.17) is 9.15 Å². The molecule has 1 saturated heterocycles. The summed E-state index contributed by atoms with van der Waals surface area (Å²) in [7, 11) is 0. The normalized spacial score (nSPS) is 18.7. The second-order valence-corrected chi connectivity index (χ2v) is 7.51. The predicted octanol–water partition coefficient (Wildman–Crippen LogP) is 3.09. The molecule has 0 saturated carbocycles. The lowest BCUT2D eigenvalue weighted by atomic mass is 10.1. The maximum atomic E-state index is 12.9. The van der Waals surface area contributed by atoms with Gasteiger partial charge < -0.3 is 14.1 Å². The number of ether oxygens (including phenoxy) is 1. The number of aryl methyl sites for hydroxylation is 2. The van der Waals surface area contributed by atoms with E-state index < -0.39 is 0 Å². The van der Waals surface area contributed by atoms with E-state index in [1.54, 1.807) is 16.2 Å². The largest absolute Gasteiger partial charge is 0.423 e. The summed E-state index contributed by atoms with van der Waals surface area (Å²) in [6, 6.07) is 1.62. The Balaban J connectivity index is 1.89. The summed E-state index contributed by atoms with van der Waals surface area (Å²) >= 11 is 1.64. The summed E-state index contributed by atoms with van der Waals surface area (Å²) in [6.07, 6.45) is 0. The number of rotatable bonds is 3. The third-order valence-corrected chi connectivity index (χ3v) is 4.86. The Bertz CT molecular complexity index is 707. The van der Waals surface area contributed by atoms with Gasteiger partial charge in [-0.05, 0) is 19.9 Å². The molecule has 0 bridgehead atoms. The number of nitrogens with zero attached hydrogens (tertiary/aromatic N) is 3. The average molecular weight is 335 g/mol. The predicted molar refractivity (Wildman–Crippen MR) is 86.8 cm³/mol. The maximum absolute atomic E-state index is 12.9. The number of morpholine rings is 1. The van der Waals surface area contributed by atoms with E-state index >= 15 is 0 Å². The van der Waals surface area contributed by atoms with Crippen molar-refractivity contribution in [1.82, 2.24) is 15.1 Å². The van der Waals surface area contributed by atoms with Crippen LogP contribution in [0.1, 0.15) is 57.7 Å². The van der Waals surface area contributed by atoms with Gasteiger partial charge in [-0.25, -0.2) is 0 Å². The first-order valence-electron chi connectivity index (χ1n) is 7.76. The van der Waals surface area contributed by atoms with Crippen LogP contribution in [0.3, 0.4) is 0 Å². The molecule has 0 aliphatic carbocycles. The molecule has 7 heteroatoms. The van der Waals surface area contributed by atoms with Gasteiger partial charge in [0.05, 0.1) is 18.8 Å². The lowest BCUT2D eigenvalue weighted by Crippen LogP contribution is -2.43. The molecule has 1 unspecified atom stereocenters. The fourth-order valence-corrected chi connectivity index (χ4v) is 3.58. The van der Waals surface area contributed by atoms with Crippen LogP contribution in [0.5, 0.6) is 0 Å². The average Bonchev–Trinajstić information content (AvgIpc) is 3.13. The number of amides is 1. The van der Waals surface area contributed by atoms with E-state index in [9.17, 15) is 4.79 Å². The van der Waals surface area contributed by atoms with Crippen LogP contribution in [-0.2, 0) is 4.74 Å². The van der Waals surface area contributed by atoms with Crippen molar-refractivity contribution < 1.29 is 13.9 Å². The van der Waals surface area contributed by atoms with Crippen LogP contribution in [-0.4, -0.2) is 40.8 Å². The number of carbonyl (C=O) groups excluding carboxylic acids is 1. The quantitative estimate of drug-likeness (QED) is 0.862. The molecule has 23 heavy (non-hydrogen) atoms. The van der Waals surface area contributed by atoms with Gasteiger partial charge >= 0.3 is 0 Å². The molecule has 1 fully saturated rings. The Morgan fingerprint density at radius 2 is 2.17 bits per heavy atom. The molecule has 0 N–H and O–H groups in total. The Kier molecular flexibility index (Phi) is 4.50. The fourth-order valence-electron chi connectivity index (χ4n) is 2.66.